The molecule has 0 amide bonds. The van der Waals surface area contributed by atoms with Gasteiger partial charge < -0.3 is 10.6 Å². The van der Waals surface area contributed by atoms with Gasteiger partial charge in [-0.3, -0.25) is 0 Å². The van der Waals surface area contributed by atoms with Gasteiger partial charge in [0, 0.05) is 0 Å². The van der Waals surface area contributed by atoms with E-state index in [0.29, 0.717) is 0 Å². The summed E-state index contributed by atoms with van der Waals surface area (Å²) < 4.78 is 0. The highest BCUT2D eigenvalue weighted by atomic mass is 14.9. The van der Waals surface area contributed by atoms with Crippen LogP contribution in [0.2, 0.25) is 0 Å². The highest BCUT2D eigenvalue weighted by Crippen LogP contribution is 2.00. The van der Waals surface area contributed by atoms with E-state index in [-0.39, 0.29) is 0 Å². The fourth-order valence-electron chi connectivity index (χ4n) is 1.65. The second-order valence-electron chi connectivity index (χ2n) is 4.88. The molecule has 0 radical (unpaired) electrons. The molecule has 0 spiro atoms. The Kier molecular flexibility index (Phi) is 12.9. The summed E-state index contributed by atoms with van der Waals surface area (Å²) in [6.45, 7) is 11.6. The predicted octanol–water partition coefficient (Wildman–Crippen LogP) is 3.18. The molecule has 1 atom stereocenters. The Balaban J connectivity index is 2.93. The molecule has 2 N–H and O–H groups in total. The second kappa shape index (κ2) is 13.0. The van der Waals surface area contributed by atoms with Gasteiger partial charge in [0.25, 0.3) is 0 Å². The SMILES string of the molecule is CCCNCCCCCCNCC(C)CC. The summed E-state index contributed by atoms with van der Waals surface area (Å²) in [5.41, 5.74) is 0. The van der Waals surface area contributed by atoms with E-state index in [4.69, 9.17) is 0 Å². The smallest absolute Gasteiger partial charge is 0.00233 e. The largest absolute Gasteiger partial charge is 0.317 e. The predicted molar refractivity (Wildman–Crippen MR) is 74.0 cm³/mol. The fourth-order valence-corrected chi connectivity index (χ4v) is 1.65. The molecule has 0 aliphatic rings. The maximum absolute atomic E-state index is 3.53. The van der Waals surface area contributed by atoms with Crippen molar-refractivity contribution in [1.29, 1.82) is 0 Å². The number of hydrogen-bond donors (Lipinski definition) is 2. The van der Waals surface area contributed by atoms with E-state index in [9.17, 15) is 0 Å². The van der Waals surface area contributed by atoms with Crippen molar-refractivity contribution >= 4 is 0 Å². The quantitative estimate of drug-likeness (QED) is 0.501. The van der Waals surface area contributed by atoms with Gasteiger partial charge in [0.15, 0.2) is 0 Å². The third kappa shape index (κ3) is 12.0. The minimum Gasteiger partial charge on any atom is -0.317 e. The Morgan fingerprint density at radius 1 is 0.812 bits per heavy atom. The summed E-state index contributed by atoms with van der Waals surface area (Å²) >= 11 is 0. The Morgan fingerprint density at radius 3 is 2.00 bits per heavy atom. The van der Waals surface area contributed by atoms with Crippen LogP contribution in [0.15, 0.2) is 0 Å². The summed E-state index contributed by atoms with van der Waals surface area (Å²) in [6, 6.07) is 0. The number of unbranched alkanes of at least 4 members (excludes halogenated alkanes) is 3. The van der Waals surface area contributed by atoms with Crippen molar-refractivity contribution in [2.75, 3.05) is 26.2 Å². The van der Waals surface area contributed by atoms with Crippen LogP contribution in [0.1, 0.15) is 59.3 Å². The molecular formula is C14H32N2. The summed E-state index contributed by atoms with van der Waals surface area (Å²) in [7, 11) is 0. The van der Waals surface area contributed by atoms with Gasteiger partial charge in [-0.15, -0.1) is 0 Å². The van der Waals surface area contributed by atoms with Gasteiger partial charge in [-0.1, -0.05) is 40.0 Å². The lowest BCUT2D eigenvalue weighted by Gasteiger charge is -2.09. The zero-order valence-corrected chi connectivity index (χ0v) is 11.6. The molecule has 0 aliphatic carbocycles. The van der Waals surface area contributed by atoms with Crippen LogP contribution < -0.4 is 10.6 Å². The molecule has 0 bridgehead atoms. The highest BCUT2D eigenvalue weighted by Gasteiger charge is 1.96. The molecule has 0 saturated heterocycles. The summed E-state index contributed by atoms with van der Waals surface area (Å²) in [5.74, 6) is 0.832. The van der Waals surface area contributed by atoms with Crippen molar-refractivity contribution in [3.05, 3.63) is 0 Å². The van der Waals surface area contributed by atoms with Crippen LogP contribution >= 0.6 is 0 Å². The molecule has 0 aromatic carbocycles. The van der Waals surface area contributed by atoms with Gasteiger partial charge in [0.05, 0.1) is 0 Å². The van der Waals surface area contributed by atoms with Crippen molar-refractivity contribution in [3.63, 3.8) is 0 Å². The van der Waals surface area contributed by atoms with Crippen LogP contribution in [0.4, 0.5) is 0 Å². The zero-order chi connectivity index (χ0) is 12.1. The Hall–Kier alpha value is -0.0800. The maximum Gasteiger partial charge on any atom is -0.00233 e. The van der Waals surface area contributed by atoms with Crippen LogP contribution in [0.3, 0.4) is 0 Å². The minimum absolute atomic E-state index is 0.832. The van der Waals surface area contributed by atoms with E-state index in [2.05, 4.69) is 31.4 Å². The Labute approximate surface area is 103 Å². The molecule has 2 nitrogen and oxygen atoms in total. The maximum atomic E-state index is 3.53. The number of nitrogens with one attached hydrogen (secondary N) is 2. The molecule has 1 unspecified atom stereocenters. The van der Waals surface area contributed by atoms with Crippen LogP contribution in [-0.4, -0.2) is 26.2 Å². The lowest BCUT2D eigenvalue weighted by Crippen LogP contribution is -2.21. The third-order valence-electron chi connectivity index (χ3n) is 3.07. The van der Waals surface area contributed by atoms with Crippen molar-refractivity contribution in [3.8, 4) is 0 Å². The van der Waals surface area contributed by atoms with Gasteiger partial charge in [0.1, 0.15) is 0 Å². The van der Waals surface area contributed by atoms with E-state index in [1.807, 2.05) is 0 Å². The molecule has 0 aromatic rings. The first-order valence-corrected chi connectivity index (χ1v) is 7.22. The molecule has 0 heterocycles. The summed E-state index contributed by atoms with van der Waals surface area (Å²) in [6.07, 6.45) is 7.97. The molecule has 0 saturated carbocycles. The molecule has 0 rings (SSSR count). The fraction of sp³-hybridized carbons (Fsp3) is 1.00. The lowest BCUT2D eigenvalue weighted by molar-refractivity contribution is 0.486. The van der Waals surface area contributed by atoms with Crippen molar-refractivity contribution in [2.45, 2.75) is 59.3 Å². The van der Waals surface area contributed by atoms with E-state index < -0.39 is 0 Å². The zero-order valence-electron chi connectivity index (χ0n) is 11.6. The van der Waals surface area contributed by atoms with E-state index in [0.717, 1.165) is 5.92 Å². The van der Waals surface area contributed by atoms with Crippen LogP contribution in [0.5, 0.6) is 0 Å². The molecule has 0 aliphatic heterocycles. The van der Waals surface area contributed by atoms with Crippen LogP contribution in [0.25, 0.3) is 0 Å². The molecule has 0 aromatic heterocycles. The van der Waals surface area contributed by atoms with Crippen molar-refractivity contribution < 1.29 is 0 Å². The molecule has 98 valence electrons. The van der Waals surface area contributed by atoms with Gasteiger partial charge in [0.2, 0.25) is 0 Å². The van der Waals surface area contributed by atoms with Gasteiger partial charge in [-0.25, -0.2) is 0 Å². The van der Waals surface area contributed by atoms with Crippen LogP contribution in [-0.2, 0) is 0 Å². The average Bonchev–Trinajstić information content (AvgIpc) is 2.31. The third-order valence-corrected chi connectivity index (χ3v) is 3.07. The van der Waals surface area contributed by atoms with Crippen molar-refractivity contribution in [1.82, 2.24) is 10.6 Å². The minimum atomic E-state index is 0.832. The summed E-state index contributed by atoms with van der Waals surface area (Å²) in [4.78, 5) is 0. The van der Waals surface area contributed by atoms with Gasteiger partial charge in [-0.05, 0) is 51.4 Å². The van der Waals surface area contributed by atoms with E-state index >= 15 is 0 Å². The first-order valence-electron chi connectivity index (χ1n) is 7.22. The normalized spacial score (nSPS) is 12.9. The molecule has 16 heavy (non-hydrogen) atoms. The molecule has 2 heteroatoms. The average molecular weight is 228 g/mol. The lowest BCUT2D eigenvalue weighted by atomic mass is 10.1. The Bertz CT molecular complexity index is 126. The van der Waals surface area contributed by atoms with Crippen molar-refractivity contribution in [2.24, 2.45) is 5.92 Å². The Morgan fingerprint density at radius 2 is 1.44 bits per heavy atom. The van der Waals surface area contributed by atoms with Gasteiger partial charge in [-0.2, -0.15) is 0 Å². The topological polar surface area (TPSA) is 24.1 Å². The molecule has 0 fully saturated rings. The first-order chi connectivity index (χ1) is 7.81. The number of rotatable bonds is 12. The standard InChI is InChI=1S/C14H32N2/c1-4-10-15-11-8-6-7-9-12-16-13-14(3)5-2/h14-16H,4-13H2,1-3H3. The monoisotopic (exact) mass is 228 g/mol. The number of hydrogen-bond acceptors (Lipinski definition) is 2. The van der Waals surface area contributed by atoms with Crippen LogP contribution in [0, 0.1) is 5.92 Å². The van der Waals surface area contributed by atoms with Gasteiger partial charge >= 0.3 is 0 Å². The second-order valence-corrected chi connectivity index (χ2v) is 4.88. The molecular weight excluding hydrogens is 196 g/mol. The van der Waals surface area contributed by atoms with E-state index in [1.165, 1.54) is 64.7 Å². The summed E-state index contributed by atoms with van der Waals surface area (Å²) in [5, 5.41) is 6.98. The first kappa shape index (κ1) is 15.9. The highest BCUT2D eigenvalue weighted by molar-refractivity contribution is 4.55. The van der Waals surface area contributed by atoms with E-state index in [1.54, 1.807) is 0 Å².